The van der Waals surface area contributed by atoms with E-state index in [1.807, 2.05) is 6.92 Å². The van der Waals surface area contributed by atoms with Gasteiger partial charge >= 0.3 is 5.97 Å². The molecule has 0 radical (unpaired) electrons. The lowest BCUT2D eigenvalue weighted by Crippen LogP contribution is -2.29. The number of carbonyl (C=O) groups is 1. The molecule has 0 aromatic carbocycles. The first-order valence-corrected chi connectivity index (χ1v) is 6.46. The lowest BCUT2D eigenvalue weighted by molar-refractivity contribution is -0.379. The van der Waals surface area contributed by atoms with Gasteiger partial charge in [0.05, 0.1) is 0 Å². The van der Waals surface area contributed by atoms with E-state index in [1.165, 1.54) is 0 Å². The van der Waals surface area contributed by atoms with E-state index in [9.17, 15) is 4.79 Å². The molecule has 0 N–H and O–H groups in total. The van der Waals surface area contributed by atoms with Gasteiger partial charge in [0.15, 0.2) is 18.9 Å². The quantitative estimate of drug-likeness (QED) is 0.250. The fraction of sp³-hybridized carbons (Fsp3) is 0.769. The zero-order chi connectivity index (χ0) is 15.5. The highest BCUT2D eigenvalue weighted by atomic mass is 17.2. The van der Waals surface area contributed by atoms with E-state index in [-0.39, 0.29) is 6.29 Å². The Morgan fingerprint density at radius 3 is 2.00 bits per heavy atom. The number of hydrogen-bond acceptors (Lipinski definition) is 7. The topological polar surface area (TPSA) is 72.5 Å². The molecule has 0 aromatic heterocycles. The van der Waals surface area contributed by atoms with Crippen LogP contribution in [-0.2, 0) is 33.5 Å². The lowest BCUT2D eigenvalue weighted by atomic mass is 10.6. The van der Waals surface area contributed by atoms with Crippen molar-refractivity contribution in [3.63, 3.8) is 0 Å². The fourth-order valence-corrected chi connectivity index (χ4v) is 1.32. The summed E-state index contributed by atoms with van der Waals surface area (Å²) in [6, 6.07) is 0. The summed E-state index contributed by atoms with van der Waals surface area (Å²) in [4.78, 5) is 19.8. The first kappa shape index (κ1) is 19.0. The summed E-state index contributed by atoms with van der Waals surface area (Å²) in [6.45, 7) is 12.4. The minimum Gasteiger partial charge on any atom is -0.353 e. The Morgan fingerprint density at radius 1 is 1.00 bits per heavy atom. The van der Waals surface area contributed by atoms with Gasteiger partial charge in [-0.05, 0) is 34.6 Å². The summed E-state index contributed by atoms with van der Waals surface area (Å²) >= 11 is 0. The Kier molecular flexibility index (Phi) is 10.2. The van der Waals surface area contributed by atoms with Crippen LogP contribution in [0, 0.1) is 0 Å². The SMILES string of the molecule is C=CC(=O)OOC(C)OC(C)OC(C)OC(C)OCC. The van der Waals surface area contributed by atoms with Gasteiger partial charge in [-0.1, -0.05) is 6.58 Å². The Morgan fingerprint density at radius 2 is 1.50 bits per heavy atom. The summed E-state index contributed by atoms with van der Waals surface area (Å²) in [7, 11) is 0. The van der Waals surface area contributed by atoms with Crippen LogP contribution < -0.4 is 0 Å². The fourth-order valence-electron chi connectivity index (χ4n) is 1.32. The largest absolute Gasteiger partial charge is 0.365 e. The van der Waals surface area contributed by atoms with Crippen molar-refractivity contribution >= 4 is 5.97 Å². The zero-order valence-corrected chi connectivity index (χ0v) is 12.7. The first-order chi connectivity index (χ1) is 9.38. The molecule has 7 heteroatoms. The smallest absolute Gasteiger partial charge is 0.353 e. The van der Waals surface area contributed by atoms with Gasteiger partial charge in [-0.25, -0.2) is 4.79 Å². The van der Waals surface area contributed by atoms with Crippen LogP contribution in [0.4, 0.5) is 0 Å². The van der Waals surface area contributed by atoms with Crippen LogP contribution in [0.3, 0.4) is 0 Å². The Labute approximate surface area is 119 Å². The van der Waals surface area contributed by atoms with Crippen LogP contribution in [0.5, 0.6) is 0 Å². The van der Waals surface area contributed by atoms with Gasteiger partial charge in [0.2, 0.25) is 6.29 Å². The minimum atomic E-state index is -0.787. The summed E-state index contributed by atoms with van der Waals surface area (Å²) in [5, 5.41) is 0. The number of carbonyl (C=O) groups excluding carboxylic acids is 1. The second kappa shape index (κ2) is 10.8. The highest BCUT2D eigenvalue weighted by Gasteiger charge is 2.16. The summed E-state index contributed by atoms with van der Waals surface area (Å²) in [5.41, 5.74) is 0. The number of hydrogen-bond donors (Lipinski definition) is 0. The molecule has 0 aliphatic rings. The molecule has 0 spiro atoms. The molecule has 0 aliphatic heterocycles. The van der Waals surface area contributed by atoms with E-state index in [1.54, 1.807) is 27.7 Å². The maximum absolute atomic E-state index is 10.8. The normalized spacial score (nSPS) is 17.1. The lowest BCUT2D eigenvalue weighted by Gasteiger charge is -2.24. The molecule has 0 aromatic rings. The van der Waals surface area contributed by atoms with Crippen LogP contribution >= 0.6 is 0 Å². The molecule has 0 bridgehead atoms. The molecule has 7 nitrogen and oxygen atoms in total. The van der Waals surface area contributed by atoms with Crippen molar-refractivity contribution in [3.8, 4) is 0 Å². The van der Waals surface area contributed by atoms with Crippen LogP contribution in [0.2, 0.25) is 0 Å². The third kappa shape index (κ3) is 9.88. The van der Waals surface area contributed by atoms with Crippen molar-refractivity contribution in [2.24, 2.45) is 0 Å². The Balaban J connectivity index is 3.87. The van der Waals surface area contributed by atoms with Crippen molar-refractivity contribution < 1.29 is 33.5 Å². The van der Waals surface area contributed by atoms with Crippen molar-refractivity contribution in [1.29, 1.82) is 0 Å². The molecular weight excluding hydrogens is 268 g/mol. The van der Waals surface area contributed by atoms with E-state index in [0.29, 0.717) is 6.61 Å². The van der Waals surface area contributed by atoms with E-state index in [4.69, 9.17) is 18.9 Å². The third-order valence-corrected chi connectivity index (χ3v) is 1.98. The van der Waals surface area contributed by atoms with Gasteiger partial charge in [0, 0.05) is 12.7 Å². The number of rotatable bonds is 11. The van der Waals surface area contributed by atoms with E-state index in [2.05, 4.69) is 16.4 Å². The van der Waals surface area contributed by atoms with Crippen LogP contribution in [0.1, 0.15) is 34.6 Å². The summed E-state index contributed by atoms with van der Waals surface area (Å²) in [6.07, 6.45) is -1.31. The molecule has 0 fully saturated rings. The molecule has 0 rings (SSSR count). The standard InChI is InChI=1S/C13H24O7/c1-7-13(14)20-19-12(6)18-11(5)17-10(4)16-9(3)15-8-2/h7,9-12H,1,8H2,2-6H3. The highest BCUT2D eigenvalue weighted by Crippen LogP contribution is 2.08. The molecule has 0 saturated heterocycles. The highest BCUT2D eigenvalue weighted by molar-refractivity contribution is 5.80. The van der Waals surface area contributed by atoms with Gasteiger partial charge in [-0.3, -0.25) is 4.89 Å². The van der Waals surface area contributed by atoms with Gasteiger partial charge in [-0.2, -0.15) is 4.89 Å². The number of ether oxygens (including phenoxy) is 4. The molecule has 20 heavy (non-hydrogen) atoms. The van der Waals surface area contributed by atoms with Crippen molar-refractivity contribution in [1.82, 2.24) is 0 Å². The molecule has 4 atom stereocenters. The Bertz CT molecular complexity index is 282. The van der Waals surface area contributed by atoms with E-state index >= 15 is 0 Å². The van der Waals surface area contributed by atoms with Crippen molar-refractivity contribution in [2.45, 2.75) is 59.8 Å². The van der Waals surface area contributed by atoms with E-state index < -0.39 is 24.8 Å². The maximum atomic E-state index is 10.8. The molecule has 0 amide bonds. The van der Waals surface area contributed by atoms with Gasteiger partial charge in [0.1, 0.15) is 0 Å². The average Bonchev–Trinajstić information content (AvgIpc) is 2.35. The van der Waals surface area contributed by atoms with Crippen LogP contribution in [0.25, 0.3) is 0 Å². The Hall–Kier alpha value is -0.990. The second-order valence-corrected chi connectivity index (χ2v) is 3.84. The molecular formula is C13H24O7. The molecule has 0 aliphatic carbocycles. The van der Waals surface area contributed by atoms with Gasteiger partial charge < -0.3 is 18.9 Å². The second-order valence-electron chi connectivity index (χ2n) is 3.84. The molecule has 118 valence electrons. The average molecular weight is 292 g/mol. The van der Waals surface area contributed by atoms with Crippen molar-refractivity contribution in [3.05, 3.63) is 12.7 Å². The molecule has 0 heterocycles. The third-order valence-electron chi connectivity index (χ3n) is 1.98. The predicted octanol–water partition coefficient (Wildman–Crippen LogP) is 2.12. The summed E-state index contributed by atoms with van der Waals surface area (Å²) < 4.78 is 21.3. The van der Waals surface area contributed by atoms with Gasteiger partial charge in [-0.15, -0.1) is 0 Å². The predicted molar refractivity (Wildman–Crippen MR) is 70.1 cm³/mol. The molecule has 4 unspecified atom stereocenters. The van der Waals surface area contributed by atoms with Crippen LogP contribution in [-0.4, -0.2) is 37.7 Å². The zero-order valence-electron chi connectivity index (χ0n) is 12.7. The van der Waals surface area contributed by atoms with Crippen LogP contribution in [0.15, 0.2) is 12.7 Å². The van der Waals surface area contributed by atoms with E-state index in [0.717, 1.165) is 6.08 Å². The maximum Gasteiger partial charge on any atom is 0.365 e. The minimum absolute atomic E-state index is 0.371. The van der Waals surface area contributed by atoms with Crippen molar-refractivity contribution in [2.75, 3.05) is 6.61 Å². The van der Waals surface area contributed by atoms with Gasteiger partial charge in [0.25, 0.3) is 0 Å². The summed E-state index contributed by atoms with van der Waals surface area (Å²) in [5.74, 6) is -0.698. The molecule has 0 saturated carbocycles. The first-order valence-electron chi connectivity index (χ1n) is 6.46. The monoisotopic (exact) mass is 292 g/mol.